The third-order valence-electron chi connectivity index (χ3n) is 3.08. The van der Waals surface area contributed by atoms with Crippen molar-refractivity contribution in [2.45, 2.75) is 33.1 Å². The maximum absolute atomic E-state index is 10.8. The number of thiazole rings is 1. The van der Waals surface area contributed by atoms with Gasteiger partial charge >= 0.3 is 5.97 Å². The molecule has 5 nitrogen and oxygen atoms in total. The Morgan fingerprint density at radius 2 is 2.09 bits per heavy atom. The molecule has 0 bridgehead atoms. The van der Waals surface area contributed by atoms with Crippen molar-refractivity contribution in [3.05, 3.63) is 34.8 Å². The SMILES string of the molecule is CCCCOc1ccc(Nc2nc(C)c(CC(=O)O)s2)cc1. The van der Waals surface area contributed by atoms with E-state index in [0.717, 1.165) is 41.5 Å². The number of aryl methyl sites for hydroxylation is 1. The Morgan fingerprint density at radius 3 is 2.73 bits per heavy atom. The van der Waals surface area contributed by atoms with Gasteiger partial charge in [-0.1, -0.05) is 13.3 Å². The first kappa shape index (κ1) is 16.3. The molecular formula is C16H20N2O3S. The fraction of sp³-hybridized carbons (Fsp3) is 0.375. The average molecular weight is 320 g/mol. The molecule has 0 fully saturated rings. The van der Waals surface area contributed by atoms with Crippen LogP contribution in [0.5, 0.6) is 5.75 Å². The van der Waals surface area contributed by atoms with Gasteiger partial charge in [0.2, 0.25) is 0 Å². The Labute approximate surface area is 134 Å². The van der Waals surface area contributed by atoms with Crippen molar-refractivity contribution in [1.29, 1.82) is 0 Å². The van der Waals surface area contributed by atoms with Gasteiger partial charge in [-0.15, -0.1) is 11.3 Å². The highest BCUT2D eigenvalue weighted by Crippen LogP contribution is 2.27. The molecule has 0 saturated heterocycles. The predicted octanol–water partition coefficient (Wildman–Crippen LogP) is 4.00. The Morgan fingerprint density at radius 1 is 1.36 bits per heavy atom. The van der Waals surface area contributed by atoms with Crippen LogP contribution in [0.25, 0.3) is 0 Å². The smallest absolute Gasteiger partial charge is 0.308 e. The monoisotopic (exact) mass is 320 g/mol. The van der Waals surface area contributed by atoms with Crippen LogP contribution in [-0.2, 0) is 11.2 Å². The summed E-state index contributed by atoms with van der Waals surface area (Å²) in [7, 11) is 0. The van der Waals surface area contributed by atoms with Gasteiger partial charge in [0.25, 0.3) is 0 Å². The van der Waals surface area contributed by atoms with E-state index in [1.54, 1.807) is 0 Å². The lowest BCUT2D eigenvalue weighted by molar-refractivity contribution is -0.136. The molecule has 22 heavy (non-hydrogen) atoms. The number of carboxylic acid groups (broad SMARTS) is 1. The Kier molecular flexibility index (Phi) is 5.77. The van der Waals surface area contributed by atoms with E-state index in [1.165, 1.54) is 11.3 Å². The first-order valence-electron chi connectivity index (χ1n) is 7.26. The highest BCUT2D eigenvalue weighted by atomic mass is 32.1. The fourth-order valence-electron chi connectivity index (χ4n) is 1.88. The van der Waals surface area contributed by atoms with Crippen molar-refractivity contribution in [2.75, 3.05) is 11.9 Å². The van der Waals surface area contributed by atoms with Crippen LogP contribution in [0, 0.1) is 6.92 Å². The minimum atomic E-state index is -0.841. The molecule has 0 atom stereocenters. The Bertz CT molecular complexity index is 623. The summed E-state index contributed by atoms with van der Waals surface area (Å²) in [5.74, 6) is 0.00719. The number of nitrogens with zero attached hydrogens (tertiary/aromatic N) is 1. The van der Waals surface area contributed by atoms with Gasteiger partial charge < -0.3 is 15.2 Å². The van der Waals surface area contributed by atoms with Crippen molar-refractivity contribution in [3.8, 4) is 5.75 Å². The van der Waals surface area contributed by atoms with E-state index in [2.05, 4.69) is 17.2 Å². The highest BCUT2D eigenvalue weighted by molar-refractivity contribution is 7.15. The summed E-state index contributed by atoms with van der Waals surface area (Å²) in [6.07, 6.45) is 2.17. The number of carboxylic acids is 1. The summed E-state index contributed by atoms with van der Waals surface area (Å²) in [6.45, 7) is 4.68. The summed E-state index contributed by atoms with van der Waals surface area (Å²) < 4.78 is 5.61. The van der Waals surface area contributed by atoms with Gasteiger partial charge in [0.15, 0.2) is 5.13 Å². The van der Waals surface area contributed by atoms with E-state index in [0.29, 0.717) is 5.13 Å². The Balaban J connectivity index is 1.97. The first-order chi connectivity index (χ1) is 10.6. The number of hydrogen-bond acceptors (Lipinski definition) is 5. The molecule has 0 radical (unpaired) electrons. The highest BCUT2D eigenvalue weighted by Gasteiger charge is 2.11. The molecule has 1 heterocycles. The maximum atomic E-state index is 10.8. The molecule has 0 spiro atoms. The van der Waals surface area contributed by atoms with Crippen LogP contribution in [0.1, 0.15) is 30.3 Å². The van der Waals surface area contributed by atoms with Gasteiger partial charge in [0.05, 0.1) is 18.7 Å². The zero-order chi connectivity index (χ0) is 15.9. The Hall–Kier alpha value is -2.08. The lowest BCUT2D eigenvalue weighted by Gasteiger charge is -2.07. The molecule has 0 aliphatic carbocycles. The number of aromatic nitrogens is 1. The van der Waals surface area contributed by atoms with Crippen LogP contribution < -0.4 is 10.1 Å². The number of anilines is 2. The van der Waals surface area contributed by atoms with Gasteiger partial charge in [-0.25, -0.2) is 4.98 Å². The first-order valence-corrected chi connectivity index (χ1v) is 8.08. The summed E-state index contributed by atoms with van der Waals surface area (Å²) in [5.41, 5.74) is 1.66. The second-order valence-electron chi connectivity index (χ2n) is 4.95. The van der Waals surface area contributed by atoms with Gasteiger partial charge in [0.1, 0.15) is 5.75 Å². The molecule has 118 valence electrons. The van der Waals surface area contributed by atoms with Crippen LogP contribution in [0.4, 0.5) is 10.8 Å². The lowest BCUT2D eigenvalue weighted by atomic mass is 10.3. The predicted molar refractivity (Wildman–Crippen MR) is 88.3 cm³/mol. The fourth-order valence-corrected chi connectivity index (χ4v) is 2.85. The topological polar surface area (TPSA) is 71.5 Å². The van der Waals surface area contributed by atoms with Gasteiger partial charge in [0, 0.05) is 10.6 Å². The van der Waals surface area contributed by atoms with E-state index < -0.39 is 5.97 Å². The van der Waals surface area contributed by atoms with Crippen molar-refractivity contribution < 1.29 is 14.6 Å². The lowest BCUT2D eigenvalue weighted by Crippen LogP contribution is -1.99. The van der Waals surface area contributed by atoms with Gasteiger partial charge in [-0.05, 0) is 37.6 Å². The molecule has 0 amide bonds. The number of unbranched alkanes of at least 4 members (excludes halogenated alkanes) is 1. The molecule has 2 N–H and O–H groups in total. The van der Waals surface area contributed by atoms with Crippen LogP contribution in [0.3, 0.4) is 0 Å². The summed E-state index contributed by atoms with van der Waals surface area (Å²) in [5, 5.41) is 12.7. The summed E-state index contributed by atoms with van der Waals surface area (Å²) >= 11 is 1.37. The second kappa shape index (κ2) is 7.79. The van der Waals surface area contributed by atoms with E-state index in [1.807, 2.05) is 31.2 Å². The number of ether oxygens (including phenoxy) is 1. The van der Waals surface area contributed by atoms with Crippen molar-refractivity contribution in [3.63, 3.8) is 0 Å². The quantitative estimate of drug-likeness (QED) is 0.719. The molecule has 0 aliphatic heterocycles. The zero-order valence-electron chi connectivity index (χ0n) is 12.8. The van der Waals surface area contributed by atoms with E-state index in [-0.39, 0.29) is 6.42 Å². The van der Waals surface area contributed by atoms with E-state index >= 15 is 0 Å². The third-order valence-corrected chi connectivity index (χ3v) is 4.15. The maximum Gasteiger partial charge on any atom is 0.308 e. The molecule has 1 aromatic carbocycles. The zero-order valence-corrected chi connectivity index (χ0v) is 13.6. The van der Waals surface area contributed by atoms with Crippen LogP contribution >= 0.6 is 11.3 Å². The third kappa shape index (κ3) is 4.73. The minimum Gasteiger partial charge on any atom is -0.494 e. The summed E-state index contributed by atoms with van der Waals surface area (Å²) in [4.78, 5) is 15.9. The van der Waals surface area contributed by atoms with Gasteiger partial charge in [-0.2, -0.15) is 0 Å². The number of hydrogen-bond donors (Lipinski definition) is 2. The molecule has 1 aromatic heterocycles. The molecule has 0 unspecified atom stereocenters. The average Bonchev–Trinajstić information content (AvgIpc) is 2.80. The molecule has 6 heteroatoms. The number of nitrogens with one attached hydrogen (secondary N) is 1. The number of carbonyl (C=O) groups is 1. The van der Waals surface area contributed by atoms with Crippen molar-refractivity contribution >= 4 is 28.1 Å². The number of benzene rings is 1. The molecular weight excluding hydrogens is 300 g/mol. The van der Waals surface area contributed by atoms with Crippen molar-refractivity contribution in [2.24, 2.45) is 0 Å². The van der Waals surface area contributed by atoms with Crippen molar-refractivity contribution in [1.82, 2.24) is 4.98 Å². The molecule has 0 saturated carbocycles. The van der Waals surface area contributed by atoms with Gasteiger partial charge in [-0.3, -0.25) is 4.79 Å². The standard InChI is InChI=1S/C16H20N2O3S/c1-3-4-9-21-13-7-5-12(6-8-13)18-16-17-11(2)14(22-16)10-15(19)20/h5-8H,3-4,9-10H2,1-2H3,(H,17,18)(H,19,20). The minimum absolute atomic E-state index is 0.00931. The number of rotatable bonds is 8. The molecule has 2 rings (SSSR count). The van der Waals surface area contributed by atoms with E-state index in [4.69, 9.17) is 9.84 Å². The molecule has 0 aliphatic rings. The van der Waals surface area contributed by atoms with Crippen LogP contribution in [0.2, 0.25) is 0 Å². The van der Waals surface area contributed by atoms with E-state index in [9.17, 15) is 4.79 Å². The second-order valence-corrected chi connectivity index (χ2v) is 6.03. The normalized spacial score (nSPS) is 10.5. The number of aliphatic carboxylic acids is 1. The van der Waals surface area contributed by atoms with Crippen LogP contribution in [0.15, 0.2) is 24.3 Å². The largest absolute Gasteiger partial charge is 0.494 e. The summed E-state index contributed by atoms with van der Waals surface area (Å²) in [6, 6.07) is 7.68. The molecule has 2 aromatic rings. The van der Waals surface area contributed by atoms with Crippen LogP contribution in [-0.4, -0.2) is 22.7 Å².